The van der Waals surface area contributed by atoms with Gasteiger partial charge in [0.1, 0.15) is 5.82 Å². The zero-order valence-electron chi connectivity index (χ0n) is 14.6. The lowest BCUT2D eigenvalue weighted by molar-refractivity contribution is -0.138. The van der Waals surface area contributed by atoms with E-state index < -0.39 is 0 Å². The summed E-state index contributed by atoms with van der Waals surface area (Å²) in [6, 6.07) is 6.74. The molecular weight excluding hydrogens is 301 g/mol. The molecule has 2 aliphatic carbocycles. The number of rotatable bonds is 2. The minimum Gasteiger partial charge on any atom is -0.341 e. The molecule has 4 rings (SSSR count). The zero-order valence-corrected chi connectivity index (χ0v) is 14.6. The summed E-state index contributed by atoms with van der Waals surface area (Å²) >= 11 is 0. The highest BCUT2D eigenvalue weighted by molar-refractivity contribution is 5.88. The van der Waals surface area contributed by atoms with Gasteiger partial charge in [0.05, 0.1) is 5.41 Å². The lowest BCUT2D eigenvalue weighted by Crippen LogP contribution is -2.43. The number of hydrogen-bond acceptors (Lipinski definition) is 1. The number of fused-ring (bicyclic) bond motifs is 2. The third-order valence-corrected chi connectivity index (χ3v) is 7.12. The second kappa shape index (κ2) is 5.18. The molecule has 1 aromatic rings. The fourth-order valence-corrected chi connectivity index (χ4v) is 5.38. The molecule has 1 saturated heterocycles. The summed E-state index contributed by atoms with van der Waals surface area (Å²) in [7, 11) is 0. The quantitative estimate of drug-likeness (QED) is 0.731. The maximum atomic E-state index is 13.4. The molecular formula is C21H26FNO. The molecule has 3 fully saturated rings. The van der Waals surface area contributed by atoms with Crippen molar-refractivity contribution in [2.75, 3.05) is 13.1 Å². The lowest BCUT2D eigenvalue weighted by atomic mass is 9.68. The van der Waals surface area contributed by atoms with Crippen LogP contribution in [0.3, 0.4) is 0 Å². The highest BCUT2D eigenvalue weighted by Crippen LogP contribution is 2.66. The first kappa shape index (κ1) is 15.9. The van der Waals surface area contributed by atoms with Crippen LogP contribution in [0.2, 0.25) is 0 Å². The van der Waals surface area contributed by atoms with Crippen molar-refractivity contribution in [2.45, 2.75) is 45.4 Å². The van der Waals surface area contributed by atoms with Crippen LogP contribution < -0.4 is 0 Å². The van der Waals surface area contributed by atoms with Crippen molar-refractivity contribution in [1.82, 2.24) is 4.90 Å². The molecule has 0 aromatic heterocycles. The molecule has 2 nitrogen and oxygen atoms in total. The Morgan fingerprint density at radius 3 is 2.58 bits per heavy atom. The molecule has 2 bridgehead atoms. The highest BCUT2D eigenvalue weighted by atomic mass is 19.1. The van der Waals surface area contributed by atoms with E-state index in [9.17, 15) is 9.18 Å². The molecule has 2 unspecified atom stereocenters. The van der Waals surface area contributed by atoms with Crippen LogP contribution in [-0.2, 0) is 4.79 Å². The maximum absolute atomic E-state index is 13.4. The van der Waals surface area contributed by atoms with Crippen molar-refractivity contribution < 1.29 is 9.18 Å². The Morgan fingerprint density at radius 1 is 1.25 bits per heavy atom. The molecule has 3 atom stereocenters. The van der Waals surface area contributed by atoms with Gasteiger partial charge in [-0.15, -0.1) is 0 Å². The van der Waals surface area contributed by atoms with Gasteiger partial charge in [0.15, 0.2) is 0 Å². The maximum Gasteiger partial charge on any atom is 0.232 e. The molecule has 0 radical (unpaired) electrons. The molecule has 3 heteroatoms. The minimum atomic E-state index is -0.314. The summed E-state index contributed by atoms with van der Waals surface area (Å²) in [5, 5.41) is 0. The van der Waals surface area contributed by atoms with Crippen LogP contribution in [0.15, 0.2) is 36.4 Å². The summed E-state index contributed by atoms with van der Waals surface area (Å²) in [4.78, 5) is 15.4. The van der Waals surface area contributed by atoms with Gasteiger partial charge in [0, 0.05) is 19.0 Å². The standard InChI is InChI=1S/C21H26FNO/c1-14-20(2,3)17-8-10-21(14,12-17)19(24)23-11-9-16(13-23)15-4-6-18(22)7-5-15/h4-7,16-17H,1,8-13H2,2-3H3/t16?,17-,21?/m0/s1. The van der Waals surface area contributed by atoms with Crippen LogP contribution in [0.4, 0.5) is 4.39 Å². The molecule has 3 aliphatic rings. The van der Waals surface area contributed by atoms with Gasteiger partial charge in [-0.25, -0.2) is 4.39 Å². The van der Waals surface area contributed by atoms with E-state index in [0.717, 1.165) is 49.9 Å². The van der Waals surface area contributed by atoms with E-state index in [0.29, 0.717) is 17.7 Å². The van der Waals surface area contributed by atoms with Crippen molar-refractivity contribution in [2.24, 2.45) is 16.7 Å². The number of hydrogen-bond donors (Lipinski definition) is 0. The summed E-state index contributed by atoms with van der Waals surface area (Å²) < 4.78 is 13.1. The van der Waals surface area contributed by atoms with Crippen LogP contribution in [0.1, 0.15) is 51.0 Å². The lowest BCUT2D eigenvalue weighted by Gasteiger charge is -2.39. The second-order valence-electron chi connectivity index (χ2n) is 8.51. The topological polar surface area (TPSA) is 20.3 Å². The average Bonchev–Trinajstić information content (AvgIpc) is 3.25. The monoisotopic (exact) mass is 327 g/mol. The van der Waals surface area contributed by atoms with Crippen molar-refractivity contribution in [3.8, 4) is 0 Å². The number of amides is 1. The van der Waals surface area contributed by atoms with Crippen LogP contribution in [-0.4, -0.2) is 23.9 Å². The first-order valence-corrected chi connectivity index (χ1v) is 9.09. The predicted octanol–water partition coefficient (Wildman–Crippen LogP) is 4.52. The molecule has 128 valence electrons. The van der Waals surface area contributed by atoms with Gasteiger partial charge in [-0.3, -0.25) is 4.79 Å². The number of benzene rings is 1. The zero-order chi connectivity index (χ0) is 17.1. The van der Waals surface area contributed by atoms with E-state index in [2.05, 4.69) is 20.4 Å². The van der Waals surface area contributed by atoms with Gasteiger partial charge in [-0.05, 0) is 54.7 Å². The smallest absolute Gasteiger partial charge is 0.232 e. The van der Waals surface area contributed by atoms with Gasteiger partial charge in [0.25, 0.3) is 0 Å². The summed E-state index contributed by atoms with van der Waals surface area (Å²) in [5.74, 6) is 1.02. The van der Waals surface area contributed by atoms with Gasteiger partial charge in [-0.1, -0.05) is 38.1 Å². The molecule has 24 heavy (non-hydrogen) atoms. The average molecular weight is 327 g/mol. The third-order valence-electron chi connectivity index (χ3n) is 7.12. The first-order valence-electron chi connectivity index (χ1n) is 9.09. The molecule has 2 saturated carbocycles. The van der Waals surface area contributed by atoms with E-state index >= 15 is 0 Å². The van der Waals surface area contributed by atoms with Gasteiger partial charge in [-0.2, -0.15) is 0 Å². The van der Waals surface area contributed by atoms with Crippen LogP contribution >= 0.6 is 0 Å². The number of halogens is 1. The van der Waals surface area contributed by atoms with E-state index in [1.807, 2.05) is 17.0 Å². The minimum absolute atomic E-state index is 0.0873. The molecule has 0 spiro atoms. The molecule has 1 aromatic carbocycles. The molecule has 1 aliphatic heterocycles. The van der Waals surface area contributed by atoms with E-state index in [1.54, 1.807) is 0 Å². The Kier molecular flexibility index (Phi) is 3.42. The fourth-order valence-electron chi connectivity index (χ4n) is 5.38. The van der Waals surface area contributed by atoms with Gasteiger partial charge < -0.3 is 4.90 Å². The van der Waals surface area contributed by atoms with Crippen LogP contribution in [0, 0.1) is 22.6 Å². The van der Waals surface area contributed by atoms with Crippen LogP contribution in [0.25, 0.3) is 0 Å². The second-order valence-corrected chi connectivity index (χ2v) is 8.51. The Hall–Kier alpha value is -1.64. The van der Waals surface area contributed by atoms with Crippen molar-refractivity contribution in [1.29, 1.82) is 0 Å². The summed E-state index contributed by atoms with van der Waals surface area (Å²) in [6.07, 6.45) is 4.06. The predicted molar refractivity (Wildman–Crippen MR) is 93.0 cm³/mol. The Balaban J connectivity index is 1.52. The van der Waals surface area contributed by atoms with Crippen molar-refractivity contribution >= 4 is 5.91 Å². The molecule has 1 heterocycles. The number of likely N-dealkylation sites (tertiary alicyclic amines) is 1. The summed E-state index contributed by atoms with van der Waals surface area (Å²) in [5.41, 5.74) is 2.07. The normalized spacial score (nSPS) is 34.1. The number of carbonyl (C=O) groups is 1. The van der Waals surface area contributed by atoms with E-state index in [1.165, 1.54) is 12.1 Å². The SMILES string of the molecule is C=C1C2(C(=O)N3CCC(c4ccc(F)cc4)C3)CC[C@@H](C2)C1(C)C. The number of nitrogens with zero attached hydrogens (tertiary/aromatic N) is 1. The fraction of sp³-hybridized carbons (Fsp3) is 0.571. The largest absolute Gasteiger partial charge is 0.341 e. The van der Waals surface area contributed by atoms with Gasteiger partial charge in [0.2, 0.25) is 5.91 Å². The molecule has 0 N–H and O–H groups in total. The Morgan fingerprint density at radius 2 is 1.96 bits per heavy atom. The first-order chi connectivity index (χ1) is 11.3. The Bertz CT molecular complexity index is 692. The van der Waals surface area contributed by atoms with Crippen molar-refractivity contribution in [3.05, 3.63) is 47.8 Å². The van der Waals surface area contributed by atoms with E-state index in [-0.39, 0.29) is 16.6 Å². The third kappa shape index (κ3) is 2.09. The highest BCUT2D eigenvalue weighted by Gasteiger charge is 2.61. The number of carbonyl (C=O) groups excluding carboxylic acids is 1. The van der Waals surface area contributed by atoms with Crippen molar-refractivity contribution in [3.63, 3.8) is 0 Å². The Labute approximate surface area is 143 Å². The van der Waals surface area contributed by atoms with Gasteiger partial charge >= 0.3 is 0 Å². The van der Waals surface area contributed by atoms with Crippen LogP contribution in [0.5, 0.6) is 0 Å². The van der Waals surface area contributed by atoms with E-state index in [4.69, 9.17) is 0 Å². The molecule has 1 amide bonds. The summed E-state index contributed by atoms with van der Waals surface area (Å²) in [6.45, 7) is 10.4.